The van der Waals surface area contributed by atoms with Gasteiger partial charge in [0.1, 0.15) is 5.69 Å². The number of rotatable bonds is 4. The molecule has 1 aromatic heterocycles. The lowest BCUT2D eigenvalue weighted by Gasteiger charge is -2.03. The van der Waals surface area contributed by atoms with Gasteiger partial charge in [0, 0.05) is 16.4 Å². The molecule has 0 aliphatic heterocycles. The normalized spacial score (nSPS) is 10.6. The van der Waals surface area contributed by atoms with Crippen LogP contribution in [0, 0.1) is 0 Å². The summed E-state index contributed by atoms with van der Waals surface area (Å²) in [4.78, 5) is 13.1. The molecule has 0 N–H and O–H groups in total. The Morgan fingerprint density at radius 2 is 2.22 bits per heavy atom. The third-order valence-corrected chi connectivity index (χ3v) is 4.39. The molecule has 0 saturated heterocycles. The van der Waals surface area contributed by atoms with Crippen molar-refractivity contribution >= 4 is 49.4 Å². The number of carbonyl (C=O) groups is 1. The van der Waals surface area contributed by atoms with E-state index in [1.807, 2.05) is 24.3 Å². The Bertz CT molecular complexity index is 564. The van der Waals surface area contributed by atoms with E-state index in [1.165, 1.54) is 11.8 Å². The van der Waals surface area contributed by atoms with Crippen LogP contribution in [0.2, 0.25) is 0 Å². The van der Waals surface area contributed by atoms with E-state index >= 15 is 0 Å². The highest BCUT2D eigenvalue weighted by Crippen LogP contribution is 2.24. The second-order valence-corrected chi connectivity index (χ2v) is 6.45. The third-order valence-electron chi connectivity index (χ3n) is 2.32. The SMILES string of the molecule is Cn1ncc(Br)c1C(=O)CSc1cccc(Br)c1. The summed E-state index contributed by atoms with van der Waals surface area (Å²) in [5.74, 6) is 0.459. The van der Waals surface area contributed by atoms with Crippen molar-refractivity contribution < 1.29 is 4.79 Å². The number of hydrogen-bond acceptors (Lipinski definition) is 3. The lowest BCUT2D eigenvalue weighted by atomic mass is 10.3. The minimum atomic E-state index is 0.0619. The van der Waals surface area contributed by atoms with Gasteiger partial charge in [-0.15, -0.1) is 11.8 Å². The standard InChI is InChI=1S/C12H10Br2N2OS/c1-16-12(10(14)6-15-16)11(17)7-18-9-4-2-3-8(13)5-9/h2-6H,7H2,1H3. The maximum atomic E-state index is 12.1. The molecule has 6 heteroatoms. The molecule has 94 valence electrons. The Balaban J connectivity index is 2.05. The largest absolute Gasteiger partial charge is 0.291 e. The highest BCUT2D eigenvalue weighted by Gasteiger charge is 2.15. The number of nitrogens with zero attached hydrogens (tertiary/aromatic N) is 2. The number of ketones is 1. The molecule has 2 aromatic rings. The molecule has 0 radical (unpaired) electrons. The summed E-state index contributed by atoms with van der Waals surface area (Å²) in [7, 11) is 1.77. The van der Waals surface area contributed by atoms with E-state index in [1.54, 1.807) is 17.9 Å². The maximum Gasteiger partial charge on any atom is 0.192 e. The monoisotopic (exact) mass is 388 g/mol. The Hall–Kier alpha value is -0.590. The minimum Gasteiger partial charge on any atom is -0.291 e. The Morgan fingerprint density at radius 1 is 1.44 bits per heavy atom. The smallest absolute Gasteiger partial charge is 0.192 e. The Kier molecular flexibility index (Phi) is 4.64. The summed E-state index contributed by atoms with van der Waals surface area (Å²) in [5, 5.41) is 4.04. The second kappa shape index (κ2) is 6.04. The van der Waals surface area contributed by atoms with Crippen LogP contribution in [0.15, 0.2) is 44.3 Å². The molecule has 0 spiro atoms. The fourth-order valence-electron chi connectivity index (χ4n) is 1.50. The van der Waals surface area contributed by atoms with E-state index in [0.29, 0.717) is 11.4 Å². The first-order chi connectivity index (χ1) is 8.58. The fraction of sp³-hybridized carbons (Fsp3) is 0.167. The predicted octanol–water partition coefficient (Wildman–Crippen LogP) is 3.92. The highest BCUT2D eigenvalue weighted by atomic mass is 79.9. The Morgan fingerprint density at radius 3 is 2.83 bits per heavy atom. The van der Waals surface area contributed by atoms with Crippen LogP contribution in [-0.2, 0) is 7.05 Å². The van der Waals surface area contributed by atoms with Gasteiger partial charge >= 0.3 is 0 Å². The predicted molar refractivity (Wildman–Crippen MR) is 80.1 cm³/mol. The number of Topliss-reactive ketones (excluding diaryl/α,β-unsaturated/α-hetero) is 1. The number of benzene rings is 1. The molecule has 0 saturated carbocycles. The van der Waals surface area contributed by atoms with Crippen molar-refractivity contribution in [3.05, 3.63) is 45.1 Å². The first kappa shape index (κ1) is 13.8. The van der Waals surface area contributed by atoms with Crippen LogP contribution in [0.1, 0.15) is 10.5 Å². The molecule has 1 heterocycles. The Labute approximate surface area is 126 Å². The van der Waals surface area contributed by atoms with Crippen LogP contribution in [0.4, 0.5) is 0 Å². The summed E-state index contributed by atoms with van der Waals surface area (Å²) in [6.45, 7) is 0. The van der Waals surface area contributed by atoms with Crippen LogP contribution in [-0.4, -0.2) is 21.3 Å². The van der Waals surface area contributed by atoms with E-state index in [-0.39, 0.29) is 5.78 Å². The van der Waals surface area contributed by atoms with Gasteiger partial charge in [-0.3, -0.25) is 9.48 Å². The van der Waals surface area contributed by atoms with Gasteiger partial charge in [-0.25, -0.2) is 0 Å². The quantitative estimate of drug-likeness (QED) is 0.587. The molecule has 0 unspecified atom stereocenters. The zero-order valence-corrected chi connectivity index (χ0v) is 13.5. The van der Waals surface area contributed by atoms with Crippen molar-refractivity contribution in [2.45, 2.75) is 4.90 Å². The van der Waals surface area contributed by atoms with Crippen molar-refractivity contribution in [1.82, 2.24) is 9.78 Å². The van der Waals surface area contributed by atoms with E-state index in [4.69, 9.17) is 0 Å². The number of halogens is 2. The molecule has 0 bridgehead atoms. The van der Waals surface area contributed by atoms with Crippen LogP contribution in [0.5, 0.6) is 0 Å². The van der Waals surface area contributed by atoms with Crippen molar-refractivity contribution in [2.24, 2.45) is 7.05 Å². The van der Waals surface area contributed by atoms with Gasteiger partial charge in [0.05, 0.1) is 16.4 Å². The average molecular weight is 390 g/mol. The van der Waals surface area contributed by atoms with Crippen molar-refractivity contribution in [3.63, 3.8) is 0 Å². The van der Waals surface area contributed by atoms with E-state index in [9.17, 15) is 4.79 Å². The first-order valence-electron chi connectivity index (χ1n) is 5.17. The zero-order valence-electron chi connectivity index (χ0n) is 9.56. The van der Waals surface area contributed by atoms with E-state index in [2.05, 4.69) is 37.0 Å². The molecule has 0 aliphatic rings. The highest BCUT2D eigenvalue weighted by molar-refractivity contribution is 9.10. The second-order valence-electron chi connectivity index (χ2n) is 3.63. The van der Waals surface area contributed by atoms with Gasteiger partial charge in [0.15, 0.2) is 5.78 Å². The third kappa shape index (κ3) is 3.24. The van der Waals surface area contributed by atoms with Gasteiger partial charge in [0.25, 0.3) is 0 Å². The summed E-state index contributed by atoms with van der Waals surface area (Å²) >= 11 is 8.26. The molecular formula is C12H10Br2N2OS. The molecule has 3 nitrogen and oxygen atoms in total. The average Bonchev–Trinajstić information content (AvgIpc) is 2.66. The minimum absolute atomic E-state index is 0.0619. The van der Waals surface area contributed by atoms with Crippen molar-refractivity contribution in [3.8, 4) is 0 Å². The van der Waals surface area contributed by atoms with Crippen LogP contribution in [0.25, 0.3) is 0 Å². The van der Waals surface area contributed by atoms with Crippen LogP contribution >= 0.6 is 43.6 Å². The lowest BCUT2D eigenvalue weighted by molar-refractivity contribution is 0.101. The molecule has 18 heavy (non-hydrogen) atoms. The maximum absolute atomic E-state index is 12.1. The summed E-state index contributed by atoms with van der Waals surface area (Å²) in [6.07, 6.45) is 1.64. The topological polar surface area (TPSA) is 34.9 Å². The van der Waals surface area contributed by atoms with Gasteiger partial charge in [-0.1, -0.05) is 22.0 Å². The molecule has 0 atom stereocenters. The number of aryl methyl sites for hydroxylation is 1. The number of hydrogen-bond donors (Lipinski definition) is 0. The van der Waals surface area contributed by atoms with Crippen LogP contribution < -0.4 is 0 Å². The molecule has 2 rings (SSSR count). The van der Waals surface area contributed by atoms with Gasteiger partial charge in [0.2, 0.25) is 0 Å². The van der Waals surface area contributed by atoms with Gasteiger partial charge in [-0.05, 0) is 34.1 Å². The number of carbonyl (C=O) groups excluding carboxylic acids is 1. The molecule has 0 amide bonds. The zero-order chi connectivity index (χ0) is 13.1. The van der Waals surface area contributed by atoms with Gasteiger partial charge in [-0.2, -0.15) is 5.10 Å². The molecular weight excluding hydrogens is 380 g/mol. The van der Waals surface area contributed by atoms with Gasteiger partial charge < -0.3 is 0 Å². The van der Waals surface area contributed by atoms with E-state index < -0.39 is 0 Å². The fourth-order valence-corrected chi connectivity index (χ4v) is 3.44. The van der Waals surface area contributed by atoms with Crippen molar-refractivity contribution in [1.29, 1.82) is 0 Å². The molecule has 1 aromatic carbocycles. The molecule has 0 fully saturated rings. The summed E-state index contributed by atoms with van der Waals surface area (Å²) in [5.41, 5.74) is 0.609. The first-order valence-corrected chi connectivity index (χ1v) is 7.74. The van der Waals surface area contributed by atoms with Crippen LogP contribution in [0.3, 0.4) is 0 Å². The summed E-state index contributed by atoms with van der Waals surface area (Å²) in [6, 6.07) is 7.90. The molecule has 0 aliphatic carbocycles. The summed E-state index contributed by atoms with van der Waals surface area (Å²) < 4.78 is 3.35. The number of thioether (sulfide) groups is 1. The lowest BCUT2D eigenvalue weighted by Crippen LogP contribution is -2.09. The van der Waals surface area contributed by atoms with E-state index in [0.717, 1.165) is 13.8 Å². The number of aromatic nitrogens is 2. The van der Waals surface area contributed by atoms with Crippen molar-refractivity contribution in [2.75, 3.05) is 5.75 Å².